The SMILES string of the molecule is CN(C)c1ccc(-c2cc3cc-3c2)cc1. The van der Waals surface area contributed by atoms with E-state index in [1.165, 1.54) is 27.9 Å². The second kappa shape index (κ2) is 2.86. The van der Waals surface area contributed by atoms with E-state index in [9.17, 15) is 0 Å². The summed E-state index contributed by atoms with van der Waals surface area (Å²) >= 11 is 0. The van der Waals surface area contributed by atoms with E-state index in [0.29, 0.717) is 0 Å². The van der Waals surface area contributed by atoms with Crippen molar-refractivity contribution in [3.63, 3.8) is 0 Å². The molecule has 15 heavy (non-hydrogen) atoms. The number of benzene rings is 2. The van der Waals surface area contributed by atoms with E-state index >= 15 is 0 Å². The lowest BCUT2D eigenvalue weighted by atomic mass is 10.1. The molecular weight excluding hydrogens is 182 g/mol. The van der Waals surface area contributed by atoms with Crippen LogP contribution in [0.2, 0.25) is 0 Å². The average Bonchev–Trinajstić information content (AvgIpc) is 2.86. The molecule has 1 heteroatoms. The molecule has 0 spiro atoms. The number of anilines is 1. The fraction of sp³-hybridized carbons (Fsp3) is 0.143. The number of hydrogen-bond acceptors (Lipinski definition) is 1. The summed E-state index contributed by atoms with van der Waals surface area (Å²) in [4.78, 5) is 2.12. The molecule has 0 amide bonds. The zero-order valence-electron chi connectivity index (χ0n) is 8.99. The van der Waals surface area contributed by atoms with Gasteiger partial charge in [0.25, 0.3) is 0 Å². The van der Waals surface area contributed by atoms with Crippen LogP contribution < -0.4 is 4.90 Å². The minimum Gasteiger partial charge on any atom is -0.378 e. The van der Waals surface area contributed by atoms with Crippen LogP contribution in [0.25, 0.3) is 22.3 Å². The Balaban J connectivity index is 1.95. The summed E-state index contributed by atoms with van der Waals surface area (Å²) in [6.07, 6.45) is 0. The van der Waals surface area contributed by atoms with Crippen LogP contribution in [0.1, 0.15) is 0 Å². The highest BCUT2D eigenvalue weighted by atomic mass is 15.1. The van der Waals surface area contributed by atoms with Gasteiger partial charge in [-0.15, -0.1) is 0 Å². The molecule has 1 aromatic rings. The van der Waals surface area contributed by atoms with E-state index < -0.39 is 0 Å². The van der Waals surface area contributed by atoms with Crippen molar-refractivity contribution >= 4 is 5.69 Å². The van der Waals surface area contributed by atoms with Gasteiger partial charge in [0.1, 0.15) is 0 Å². The maximum absolute atomic E-state index is 2.25. The van der Waals surface area contributed by atoms with Gasteiger partial charge >= 0.3 is 0 Å². The van der Waals surface area contributed by atoms with Crippen molar-refractivity contribution < 1.29 is 0 Å². The van der Waals surface area contributed by atoms with Gasteiger partial charge in [-0.25, -0.2) is 0 Å². The van der Waals surface area contributed by atoms with Crippen LogP contribution in [-0.4, -0.2) is 14.1 Å². The highest BCUT2D eigenvalue weighted by Crippen LogP contribution is 2.40. The van der Waals surface area contributed by atoms with Crippen molar-refractivity contribution in [3.8, 4) is 22.3 Å². The first kappa shape index (κ1) is 8.54. The third-order valence-corrected chi connectivity index (χ3v) is 2.90. The number of nitrogens with zero attached hydrogens (tertiary/aromatic N) is 1. The Bertz CT molecular complexity index is 489. The smallest absolute Gasteiger partial charge is 0.0361 e. The van der Waals surface area contributed by atoms with Crippen LogP contribution in [0.15, 0.2) is 42.5 Å². The molecule has 2 aliphatic carbocycles. The van der Waals surface area contributed by atoms with Gasteiger partial charge in [0.15, 0.2) is 0 Å². The van der Waals surface area contributed by atoms with Gasteiger partial charge in [-0.05, 0) is 52.6 Å². The monoisotopic (exact) mass is 195 g/mol. The normalized spacial score (nSPS) is 11.3. The Morgan fingerprint density at radius 2 is 1.13 bits per heavy atom. The molecule has 74 valence electrons. The predicted molar refractivity (Wildman–Crippen MR) is 65.2 cm³/mol. The summed E-state index contributed by atoms with van der Waals surface area (Å²) in [5, 5.41) is 0. The first-order valence-electron chi connectivity index (χ1n) is 5.17. The largest absolute Gasteiger partial charge is 0.378 e. The molecule has 1 nitrogen and oxygen atoms in total. The van der Waals surface area contributed by atoms with Crippen molar-refractivity contribution in [2.24, 2.45) is 0 Å². The number of rotatable bonds is 2. The fourth-order valence-corrected chi connectivity index (χ4v) is 1.88. The van der Waals surface area contributed by atoms with Crippen LogP contribution in [0.4, 0.5) is 5.69 Å². The van der Waals surface area contributed by atoms with Gasteiger partial charge in [0, 0.05) is 19.8 Å². The van der Waals surface area contributed by atoms with E-state index in [-0.39, 0.29) is 0 Å². The molecule has 0 fully saturated rings. The van der Waals surface area contributed by atoms with Gasteiger partial charge < -0.3 is 4.90 Å². The van der Waals surface area contributed by atoms with Crippen molar-refractivity contribution in [1.29, 1.82) is 0 Å². The third-order valence-electron chi connectivity index (χ3n) is 2.90. The highest BCUT2D eigenvalue weighted by molar-refractivity contribution is 5.89. The van der Waals surface area contributed by atoms with Crippen LogP contribution in [0.3, 0.4) is 0 Å². The molecule has 1 aromatic carbocycles. The topological polar surface area (TPSA) is 3.24 Å². The average molecular weight is 195 g/mol. The standard InChI is InChI=1S/C14H13N/c1-15(2)14-5-3-10(4-6-14)11-7-12-9-13(12)8-11/h3-9H,1-2H3. The number of fused-ring (bicyclic) bond motifs is 1. The third kappa shape index (κ3) is 1.40. The van der Waals surface area contributed by atoms with Crippen LogP contribution in [0, 0.1) is 0 Å². The highest BCUT2D eigenvalue weighted by Gasteiger charge is 2.14. The molecule has 0 bridgehead atoms. The maximum Gasteiger partial charge on any atom is 0.0361 e. The Morgan fingerprint density at radius 1 is 0.667 bits per heavy atom. The molecule has 0 heterocycles. The van der Waals surface area contributed by atoms with E-state index in [1.54, 1.807) is 0 Å². The van der Waals surface area contributed by atoms with Gasteiger partial charge in [0.05, 0.1) is 0 Å². The van der Waals surface area contributed by atoms with Crippen molar-refractivity contribution in [2.75, 3.05) is 19.0 Å². The molecule has 0 atom stereocenters. The Morgan fingerprint density at radius 3 is 1.60 bits per heavy atom. The quantitative estimate of drug-likeness (QED) is 0.605. The summed E-state index contributed by atoms with van der Waals surface area (Å²) in [5.41, 5.74) is 6.70. The molecule has 0 radical (unpaired) electrons. The van der Waals surface area contributed by atoms with Crippen LogP contribution in [-0.2, 0) is 0 Å². The lowest BCUT2D eigenvalue weighted by molar-refractivity contribution is 1.13. The maximum atomic E-state index is 2.25. The summed E-state index contributed by atoms with van der Waals surface area (Å²) in [6, 6.07) is 15.4. The van der Waals surface area contributed by atoms with Crippen LogP contribution >= 0.6 is 0 Å². The molecule has 0 saturated carbocycles. The molecule has 3 rings (SSSR count). The van der Waals surface area contributed by atoms with Gasteiger partial charge in [0.2, 0.25) is 0 Å². The lowest BCUT2D eigenvalue weighted by Crippen LogP contribution is -2.07. The molecule has 0 aromatic heterocycles. The summed E-state index contributed by atoms with van der Waals surface area (Å²) in [6.45, 7) is 0. The molecule has 0 saturated heterocycles. The first-order chi connectivity index (χ1) is 7.24. The predicted octanol–water partition coefficient (Wildman–Crippen LogP) is 3.40. The van der Waals surface area contributed by atoms with Crippen LogP contribution in [0.5, 0.6) is 0 Å². The van der Waals surface area contributed by atoms with Gasteiger partial charge in [-0.3, -0.25) is 0 Å². The molecular formula is C14H13N. The molecule has 0 aliphatic heterocycles. The molecule has 0 N–H and O–H groups in total. The van der Waals surface area contributed by atoms with E-state index in [0.717, 1.165) is 0 Å². The van der Waals surface area contributed by atoms with Gasteiger partial charge in [-0.2, -0.15) is 0 Å². The number of hydrogen-bond donors (Lipinski definition) is 0. The second-order valence-corrected chi connectivity index (χ2v) is 4.24. The summed E-state index contributed by atoms with van der Waals surface area (Å²) in [7, 11) is 4.12. The Labute approximate surface area is 90.0 Å². The second-order valence-electron chi connectivity index (χ2n) is 4.24. The molecule has 0 unspecified atom stereocenters. The van der Waals surface area contributed by atoms with Crippen molar-refractivity contribution in [2.45, 2.75) is 0 Å². The zero-order chi connectivity index (χ0) is 10.4. The first-order valence-corrected chi connectivity index (χ1v) is 5.17. The van der Waals surface area contributed by atoms with Crippen molar-refractivity contribution in [3.05, 3.63) is 42.5 Å². The Hall–Kier alpha value is -1.76. The summed E-state index contributed by atoms with van der Waals surface area (Å²) in [5.74, 6) is 0. The van der Waals surface area contributed by atoms with E-state index in [2.05, 4.69) is 61.5 Å². The zero-order valence-corrected chi connectivity index (χ0v) is 8.99. The van der Waals surface area contributed by atoms with Crippen molar-refractivity contribution in [1.82, 2.24) is 0 Å². The van der Waals surface area contributed by atoms with E-state index in [1.807, 2.05) is 0 Å². The lowest BCUT2D eigenvalue weighted by Gasteiger charge is -2.12. The minimum atomic E-state index is 1.24. The fourth-order valence-electron chi connectivity index (χ4n) is 1.88. The van der Waals surface area contributed by atoms with E-state index in [4.69, 9.17) is 0 Å². The summed E-state index contributed by atoms with van der Waals surface area (Å²) < 4.78 is 0. The Kier molecular flexibility index (Phi) is 1.63. The van der Waals surface area contributed by atoms with Gasteiger partial charge in [-0.1, -0.05) is 12.1 Å². The minimum absolute atomic E-state index is 1.24. The molecule has 2 aliphatic rings.